The standard InChI is InChI=1S/C39H54ClN3O9/c1-8-33(47)52-39(32(46)23-51-35(49)43(7)18-17-42(6)34(48)50-22-25-9-12-27(41-5)13-10-25)24(2)19-30-29-14-11-26-20-28(44)15-16-36(26,3)38(29,40)31(45)21-37(30,39)4/h9-10,12-13,15-16,20,24,28-31,41,44-45H,8,11,14,17-19,21-23H2,1-7H3/t24-,28?,29-,30?,31-,36-,37-,38-,39-/m0/s1. The number of rotatable bonds is 11. The lowest BCUT2D eigenvalue weighted by Gasteiger charge is -2.64. The lowest BCUT2D eigenvalue weighted by atomic mass is 9.45. The van der Waals surface area contributed by atoms with Gasteiger partial charge in [0.25, 0.3) is 0 Å². The van der Waals surface area contributed by atoms with Crippen LogP contribution in [0.2, 0.25) is 0 Å². The molecule has 286 valence electrons. The van der Waals surface area contributed by atoms with Gasteiger partial charge in [0.1, 0.15) is 6.61 Å². The van der Waals surface area contributed by atoms with E-state index >= 15 is 0 Å². The summed E-state index contributed by atoms with van der Waals surface area (Å²) < 4.78 is 17.1. The van der Waals surface area contributed by atoms with Crippen molar-refractivity contribution in [3.63, 3.8) is 0 Å². The second-order valence-electron chi connectivity index (χ2n) is 15.4. The van der Waals surface area contributed by atoms with Crippen molar-refractivity contribution in [2.45, 2.75) is 89.1 Å². The quantitative estimate of drug-likeness (QED) is 0.118. The highest BCUT2D eigenvalue weighted by Gasteiger charge is 2.76. The molecule has 3 saturated carbocycles. The van der Waals surface area contributed by atoms with Crippen LogP contribution in [0.1, 0.15) is 65.4 Å². The average molecular weight is 744 g/mol. The molecule has 0 aromatic heterocycles. The van der Waals surface area contributed by atoms with Crippen molar-refractivity contribution in [2.75, 3.05) is 46.2 Å². The third-order valence-corrected chi connectivity index (χ3v) is 13.5. The van der Waals surface area contributed by atoms with E-state index in [1.54, 1.807) is 20.0 Å². The summed E-state index contributed by atoms with van der Waals surface area (Å²) in [6.45, 7) is 7.13. The van der Waals surface area contributed by atoms with Crippen LogP contribution in [0.3, 0.4) is 0 Å². The fourth-order valence-electron chi connectivity index (χ4n) is 9.62. The van der Waals surface area contributed by atoms with Crippen molar-refractivity contribution >= 4 is 41.2 Å². The van der Waals surface area contributed by atoms with Gasteiger partial charge >= 0.3 is 18.2 Å². The number of nitrogens with zero attached hydrogens (tertiary/aromatic N) is 2. The first-order valence-corrected chi connectivity index (χ1v) is 18.6. The van der Waals surface area contributed by atoms with Gasteiger partial charge in [0.2, 0.25) is 5.78 Å². The Kier molecular flexibility index (Phi) is 11.4. The van der Waals surface area contributed by atoms with E-state index in [2.05, 4.69) is 5.32 Å². The highest BCUT2D eigenvalue weighted by Crippen LogP contribution is 2.72. The molecule has 3 fully saturated rings. The molecule has 1 aromatic rings. The lowest BCUT2D eigenvalue weighted by Crippen LogP contribution is -2.69. The summed E-state index contributed by atoms with van der Waals surface area (Å²) in [5, 5.41) is 25.4. The van der Waals surface area contributed by atoms with Crippen LogP contribution in [0.15, 0.2) is 48.1 Å². The first kappa shape index (κ1) is 39.6. The molecule has 0 aliphatic heterocycles. The Morgan fingerprint density at radius 1 is 1.00 bits per heavy atom. The normalized spacial score (nSPS) is 34.5. The van der Waals surface area contributed by atoms with Gasteiger partial charge in [-0.05, 0) is 55.2 Å². The zero-order valence-corrected chi connectivity index (χ0v) is 32.1. The number of ketones is 1. The number of ether oxygens (including phenoxy) is 3. The molecular weight excluding hydrogens is 690 g/mol. The molecule has 0 bridgehead atoms. The van der Waals surface area contributed by atoms with Crippen molar-refractivity contribution in [2.24, 2.45) is 28.6 Å². The highest BCUT2D eigenvalue weighted by molar-refractivity contribution is 6.26. The molecule has 0 radical (unpaired) electrons. The molecule has 4 aliphatic carbocycles. The Hall–Kier alpha value is -3.61. The van der Waals surface area contributed by atoms with Crippen molar-refractivity contribution in [3.05, 3.63) is 53.6 Å². The molecule has 0 spiro atoms. The Bertz CT molecular complexity index is 1600. The number of Topliss-reactive ketones (excluding diaryl/α,β-unsaturated/α-hetero) is 1. The molecule has 3 N–H and O–H groups in total. The number of fused-ring (bicyclic) bond motifs is 5. The number of allylic oxidation sites excluding steroid dienone is 2. The number of hydrogen-bond acceptors (Lipinski definition) is 10. The lowest BCUT2D eigenvalue weighted by molar-refractivity contribution is -0.202. The summed E-state index contributed by atoms with van der Waals surface area (Å²) in [4.78, 5) is 54.7. The third-order valence-electron chi connectivity index (χ3n) is 12.6. The van der Waals surface area contributed by atoms with Crippen LogP contribution in [0, 0.1) is 28.6 Å². The van der Waals surface area contributed by atoms with Crippen LogP contribution in [-0.4, -0.2) is 107 Å². The maximum Gasteiger partial charge on any atom is 0.409 e. The Labute approximate surface area is 311 Å². The smallest absolute Gasteiger partial charge is 0.409 e. The number of carbonyl (C=O) groups is 4. The number of nitrogens with one attached hydrogen (secondary N) is 1. The number of esters is 1. The molecule has 12 nitrogen and oxygen atoms in total. The molecule has 2 amide bonds. The number of amides is 2. The minimum Gasteiger partial charge on any atom is -0.450 e. The number of benzene rings is 1. The number of anilines is 1. The molecular formula is C39H54ClN3O9. The molecule has 5 rings (SSSR count). The molecule has 4 aliphatic rings. The molecule has 1 aromatic carbocycles. The molecule has 52 heavy (non-hydrogen) atoms. The van der Waals surface area contributed by atoms with Gasteiger partial charge in [0, 0.05) is 63.1 Å². The maximum absolute atomic E-state index is 14.5. The fourth-order valence-corrected chi connectivity index (χ4v) is 10.1. The van der Waals surface area contributed by atoms with E-state index in [4.69, 9.17) is 25.8 Å². The Morgan fingerprint density at radius 3 is 2.25 bits per heavy atom. The van der Waals surface area contributed by atoms with Gasteiger partial charge in [0.15, 0.2) is 12.2 Å². The van der Waals surface area contributed by atoms with E-state index in [0.29, 0.717) is 19.3 Å². The zero-order chi connectivity index (χ0) is 38.2. The Balaban J connectivity index is 1.26. The van der Waals surface area contributed by atoms with E-state index in [1.165, 1.54) is 16.8 Å². The van der Waals surface area contributed by atoms with Crippen LogP contribution in [0.25, 0.3) is 0 Å². The maximum atomic E-state index is 14.5. The van der Waals surface area contributed by atoms with Crippen LogP contribution in [0.5, 0.6) is 0 Å². The summed E-state index contributed by atoms with van der Waals surface area (Å²) in [6, 6.07) is 7.48. The summed E-state index contributed by atoms with van der Waals surface area (Å²) in [5.41, 5.74) is -0.650. The minimum atomic E-state index is -1.67. The zero-order valence-electron chi connectivity index (χ0n) is 31.3. The Morgan fingerprint density at radius 2 is 1.63 bits per heavy atom. The van der Waals surface area contributed by atoms with Gasteiger partial charge < -0.3 is 39.5 Å². The number of halogens is 1. The van der Waals surface area contributed by atoms with Crippen molar-refractivity contribution < 1.29 is 43.6 Å². The second kappa shape index (κ2) is 15.0. The van der Waals surface area contributed by atoms with E-state index in [0.717, 1.165) is 16.8 Å². The molecule has 13 heteroatoms. The summed E-state index contributed by atoms with van der Waals surface area (Å²) in [7, 11) is 4.88. The van der Waals surface area contributed by atoms with Crippen molar-refractivity contribution in [3.8, 4) is 0 Å². The molecule has 9 atom stereocenters. The van der Waals surface area contributed by atoms with Gasteiger partial charge in [-0.3, -0.25) is 9.59 Å². The number of alkyl halides is 1. The summed E-state index contributed by atoms with van der Waals surface area (Å²) in [5.74, 6) is -1.99. The first-order valence-electron chi connectivity index (χ1n) is 18.2. The third kappa shape index (κ3) is 6.59. The van der Waals surface area contributed by atoms with E-state index < -0.39 is 70.0 Å². The fraction of sp³-hybridized carbons (Fsp3) is 0.641. The molecule has 0 saturated heterocycles. The van der Waals surface area contributed by atoms with Gasteiger partial charge in [-0.1, -0.05) is 63.6 Å². The van der Waals surface area contributed by atoms with Crippen LogP contribution in [0.4, 0.5) is 15.3 Å². The number of hydrogen-bond donors (Lipinski definition) is 3. The van der Waals surface area contributed by atoms with E-state index in [9.17, 15) is 29.4 Å². The van der Waals surface area contributed by atoms with Crippen LogP contribution >= 0.6 is 11.6 Å². The predicted octanol–water partition coefficient (Wildman–Crippen LogP) is 5.30. The van der Waals surface area contributed by atoms with Crippen molar-refractivity contribution in [1.82, 2.24) is 9.80 Å². The van der Waals surface area contributed by atoms with Gasteiger partial charge in [-0.25, -0.2) is 9.59 Å². The largest absolute Gasteiger partial charge is 0.450 e. The van der Waals surface area contributed by atoms with Crippen LogP contribution in [-0.2, 0) is 30.4 Å². The van der Waals surface area contributed by atoms with E-state index in [-0.39, 0.29) is 44.4 Å². The van der Waals surface area contributed by atoms with E-state index in [1.807, 2.05) is 64.2 Å². The topological polar surface area (TPSA) is 155 Å². The molecule has 0 heterocycles. The SMILES string of the molecule is CCC(=O)O[C@]1(C(=O)COC(=O)N(C)CCN(C)C(=O)OCc2ccc(NC)cc2)[C@@H](C)CC2[C@@H]3CCC4=CC(O)C=C[C@]4(C)[C@@]3(Cl)[C@@H](O)C[C@@]21C. The van der Waals surface area contributed by atoms with Gasteiger partial charge in [-0.2, -0.15) is 0 Å². The van der Waals surface area contributed by atoms with Gasteiger partial charge in [-0.15, -0.1) is 11.6 Å². The number of aliphatic hydroxyl groups is 2. The summed E-state index contributed by atoms with van der Waals surface area (Å²) in [6.07, 6.45) is 4.23. The first-order chi connectivity index (χ1) is 24.5. The number of carbonyl (C=O) groups excluding carboxylic acids is 4. The van der Waals surface area contributed by atoms with Gasteiger partial charge in [0.05, 0.1) is 17.1 Å². The monoisotopic (exact) mass is 743 g/mol. The predicted molar refractivity (Wildman–Crippen MR) is 196 cm³/mol. The van der Waals surface area contributed by atoms with Crippen molar-refractivity contribution in [1.29, 1.82) is 0 Å². The average Bonchev–Trinajstić information content (AvgIpc) is 3.34. The van der Waals surface area contributed by atoms with Crippen LogP contribution < -0.4 is 5.32 Å². The number of aliphatic hydroxyl groups excluding tert-OH is 2. The molecule has 2 unspecified atom stereocenters. The highest BCUT2D eigenvalue weighted by atomic mass is 35.5. The second-order valence-corrected chi connectivity index (χ2v) is 16.0. The number of likely N-dealkylation sites (N-methyl/N-ethyl adjacent to an activating group) is 2. The summed E-state index contributed by atoms with van der Waals surface area (Å²) >= 11 is 7.61. The minimum absolute atomic E-state index is 0.0361.